The molecule has 5 aromatic rings. The Kier molecular flexibility index (Phi) is 8.72. The predicted molar refractivity (Wildman–Crippen MR) is 202 cm³/mol. The highest BCUT2D eigenvalue weighted by molar-refractivity contribution is 7.22. The minimum absolute atomic E-state index is 0.0861. The molecular formula is C41H31ClF6N4O6S. The fraction of sp³-hybridized carbons (Fsp3) is 0.341. The predicted octanol–water partition coefficient (Wildman–Crippen LogP) is 8.82. The van der Waals surface area contributed by atoms with Crippen molar-refractivity contribution in [2.24, 2.45) is 36.1 Å². The van der Waals surface area contributed by atoms with Gasteiger partial charge in [0.15, 0.2) is 0 Å². The first kappa shape index (κ1) is 39.2. The van der Waals surface area contributed by atoms with Gasteiger partial charge in [-0.15, -0.1) is 11.3 Å². The Balaban J connectivity index is 1.13. The van der Waals surface area contributed by atoms with E-state index in [1.165, 1.54) is 22.1 Å². The molecule has 2 saturated heterocycles. The molecule has 0 unspecified atom stereocenters. The number of aliphatic hydroxyl groups excluding tert-OH is 1. The highest BCUT2D eigenvalue weighted by Gasteiger charge is 2.68. The summed E-state index contributed by atoms with van der Waals surface area (Å²) in [6.45, 7) is 3.02. The van der Waals surface area contributed by atoms with Gasteiger partial charge >= 0.3 is 12.4 Å². The van der Waals surface area contributed by atoms with Crippen molar-refractivity contribution in [1.29, 1.82) is 0 Å². The molecule has 0 radical (unpaired) electrons. The van der Waals surface area contributed by atoms with Gasteiger partial charge in [0.2, 0.25) is 23.6 Å². The lowest BCUT2D eigenvalue weighted by Crippen LogP contribution is -2.48. The van der Waals surface area contributed by atoms with E-state index in [2.05, 4.69) is 5.10 Å². The van der Waals surface area contributed by atoms with E-state index in [9.17, 15) is 50.6 Å². The topological polar surface area (TPSA) is 126 Å². The van der Waals surface area contributed by atoms with Gasteiger partial charge in [-0.05, 0) is 92.1 Å². The summed E-state index contributed by atoms with van der Waals surface area (Å²) < 4.78 is 91.6. The molecule has 2 aromatic carbocycles. The number of amides is 4. The van der Waals surface area contributed by atoms with Gasteiger partial charge in [0.25, 0.3) is 0 Å². The van der Waals surface area contributed by atoms with Gasteiger partial charge < -0.3 is 9.52 Å². The molecule has 5 heterocycles. The lowest BCUT2D eigenvalue weighted by molar-refractivity contribution is -0.143. The molecular weight excluding hydrogens is 826 g/mol. The van der Waals surface area contributed by atoms with Crippen molar-refractivity contribution in [3.05, 3.63) is 99.5 Å². The zero-order valence-corrected chi connectivity index (χ0v) is 32.7. The van der Waals surface area contributed by atoms with E-state index in [4.69, 9.17) is 16.0 Å². The average Bonchev–Trinajstić information content (AvgIpc) is 3.97. The number of halogens is 7. The molecule has 18 heteroatoms. The second kappa shape index (κ2) is 13.1. The van der Waals surface area contributed by atoms with Crippen LogP contribution in [0.2, 0.25) is 5.02 Å². The number of aliphatic hydroxyl groups is 1. The number of anilines is 2. The molecule has 2 aliphatic heterocycles. The van der Waals surface area contributed by atoms with Crippen molar-refractivity contribution < 1.29 is 55.0 Å². The number of carbonyl (C=O) groups is 4. The Hall–Kier alpha value is -5.26. The van der Waals surface area contributed by atoms with Gasteiger partial charge in [-0.3, -0.25) is 23.9 Å². The summed E-state index contributed by atoms with van der Waals surface area (Å²) in [4.78, 5) is 60.3. The van der Waals surface area contributed by atoms with Crippen LogP contribution in [0.25, 0.3) is 20.7 Å². The van der Waals surface area contributed by atoms with E-state index in [0.29, 0.717) is 33.3 Å². The number of alkyl halides is 6. The molecule has 10 nitrogen and oxygen atoms in total. The van der Waals surface area contributed by atoms with Crippen molar-refractivity contribution in [3.8, 4) is 10.6 Å². The first-order valence-corrected chi connectivity index (χ1v) is 19.6. The Morgan fingerprint density at radius 2 is 1.61 bits per heavy atom. The molecule has 59 heavy (non-hydrogen) atoms. The lowest BCUT2D eigenvalue weighted by atomic mass is 9.52. The zero-order valence-electron chi connectivity index (χ0n) is 31.1. The van der Waals surface area contributed by atoms with Crippen LogP contribution in [0.15, 0.2) is 70.7 Å². The number of rotatable bonds is 5. The van der Waals surface area contributed by atoms with Crippen LogP contribution >= 0.6 is 22.9 Å². The van der Waals surface area contributed by atoms with Crippen LogP contribution in [0.5, 0.6) is 0 Å². The Morgan fingerprint density at radius 1 is 0.915 bits per heavy atom. The van der Waals surface area contributed by atoms with Gasteiger partial charge in [0, 0.05) is 22.8 Å². The molecule has 9 rings (SSSR count). The van der Waals surface area contributed by atoms with Crippen molar-refractivity contribution in [1.82, 2.24) is 9.78 Å². The maximum atomic E-state index is 15.0. The summed E-state index contributed by atoms with van der Waals surface area (Å²) in [5.74, 6) is -8.36. The van der Waals surface area contributed by atoms with Crippen LogP contribution in [0, 0.1) is 36.0 Å². The molecule has 2 aliphatic carbocycles. The Bertz CT molecular complexity index is 2670. The molecule has 3 aromatic heterocycles. The smallest absolute Gasteiger partial charge is 0.416 e. The van der Waals surface area contributed by atoms with E-state index >= 15 is 0 Å². The number of aryl methyl sites for hydroxylation is 2. The van der Waals surface area contributed by atoms with E-state index in [1.54, 1.807) is 38.2 Å². The fourth-order valence-corrected chi connectivity index (χ4v) is 11.0. The van der Waals surface area contributed by atoms with Crippen molar-refractivity contribution in [3.63, 3.8) is 0 Å². The minimum atomic E-state index is -5.23. The Morgan fingerprint density at radius 3 is 2.25 bits per heavy atom. The summed E-state index contributed by atoms with van der Waals surface area (Å²) in [6, 6.07) is 10.8. The zero-order chi connectivity index (χ0) is 42.2. The number of benzene rings is 2. The van der Waals surface area contributed by atoms with Gasteiger partial charge in [-0.1, -0.05) is 23.3 Å². The standard InChI is InChI=1S/C41H31ClF6N4O6S/c1-17-25-13-20(42)4-9-30(25)59-34(17)28-15-31(50(3)49-28)52-36(55)27-14-26-23(33(39(27,2)38(52)57)29-8-5-22(16-53)58-29)6-7-24-32(26)37(56)51(35(24)54)21-11-18(40(43,44)45)10-19(12-21)41(46,47)48/h4-6,8-13,15,24,26-27,32-33,53H,7,14,16H2,1-3H3/t24-,26+,27-,32-,33+,39+/m0/s1. The molecule has 4 amide bonds. The quantitative estimate of drug-likeness (QED) is 0.106. The summed E-state index contributed by atoms with van der Waals surface area (Å²) in [7, 11) is 1.59. The van der Waals surface area contributed by atoms with Crippen LogP contribution in [-0.2, 0) is 45.2 Å². The maximum absolute atomic E-state index is 15.0. The number of furan rings is 1. The van der Waals surface area contributed by atoms with Gasteiger partial charge in [-0.25, -0.2) is 9.80 Å². The number of aromatic nitrogens is 2. The van der Waals surface area contributed by atoms with Crippen LogP contribution in [0.1, 0.15) is 53.9 Å². The monoisotopic (exact) mass is 856 g/mol. The molecule has 6 atom stereocenters. The van der Waals surface area contributed by atoms with Crippen LogP contribution in [-0.4, -0.2) is 38.5 Å². The second-order valence-electron chi connectivity index (χ2n) is 15.6. The van der Waals surface area contributed by atoms with E-state index < -0.39 is 94.4 Å². The molecule has 0 bridgehead atoms. The highest BCUT2D eigenvalue weighted by atomic mass is 35.5. The maximum Gasteiger partial charge on any atom is 0.416 e. The second-order valence-corrected chi connectivity index (χ2v) is 17.1. The molecule has 1 N–H and O–H groups in total. The third-order valence-electron chi connectivity index (χ3n) is 12.4. The molecule has 1 saturated carbocycles. The van der Waals surface area contributed by atoms with Crippen molar-refractivity contribution in [2.75, 3.05) is 9.80 Å². The summed E-state index contributed by atoms with van der Waals surface area (Å²) in [5, 5.41) is 16.1. The van der Waals surface area contributed by atoms with E-state index in [-0.39, 0.29) is 36.2 Å². The molecule has 306 valence electrons. The largest absolute Gasteiger partial charge is 0.463 e. The van der Waals surface area contributed by atoms with Gasteiger partial charge in [0.1, 0.15) is 29.6 Å². The Labute approximate surface area is 339 Å². The van der Waals surface area contributed by atoms with Gasteiger partial charge in [0.05, 0.1) is 50.8 Å². The lowest BCUT2D eigenvalue weighted by Gasteiger charge is -2.48. The van der Waals surface area contributed by atoms with Crippen LogP contribution in [0.3, 0.4) is 0 Å². The van der Waals surface area contributed by atoms with E-state index in [1.807, 2.05) is 19.1 Å². The summed E-state index contributed by atoms with van der Waals surface area (Å²) in [6.07, 6.45) is -9.10. The third-order valence-corrected chi connectivity index (χ3v) is 14.0. The third kappa shape index (κ3) is 5.74. The number of fused-ring (bicyclic) bond motifs is 5. The number of carbonyl (C=O) groups excluding carboxylic acids is 4. The minimum Gasteiger partial charge on any atom is -0.463 e. The summed E-state index contributed by atoms with van der Waals surface area (Å²) in [5.41, 5.74) is -3.97. The average molecular weight is 857 g/mol. The van der Waals surface area contributed by atoms with Crippen LogP contribution < -0.4 is 9.80 Å². The van der Waals surface area contributed by atoms with Gasteiger partial charge in [-0.2, -0.15) is 31.4 Å². The fourth-order valence-electron chi connectivity index (χ4n) is 9.71. The van der Waals surface area contributed by atoms with E-state index in [0.717, 1.165) is 25.4 Å². The number of nitrogens with zero attached hydrogens (tertiary/aromatic N) is 4. The number of allylic oxidation sites excluding steroid dienone is 2. The molecule has 0 spiro atoms. The number of thiophene rings is 1. The first-order chi connectivity index (χ1) is 27.7. The first-order valence-electron chi connectivity index (χ1n) is 18.4. The molecule has 4 aliphatic rings. The van der Waals surface area contributed by atoms with Crippen molar-refractivity contribution >= 4 is 68.2 Å². The SMILES string of the molecule is Cc1c(-c2cc(N3C(=O)[C@@H]4C[C@@H]5C(=CC[C@@H]6C(=O)N(c7cc(C(F)(F)F)cc(C(F)(F)F)c7)C(=O)[C@@H]65)[C@H](c5ccc(CO)o5)[C@]4(C)C3=O)n(C)n2)sc2ccc(Cl)cc12. The van der Waals surface area contributed by atoms with Crippen molar-refractivity contribution in [2.45, 2.75) is 51.6 Å². The number of hydrogen-bond acceptors (Lipinski definition) is 8. The number of imide groups is 2. The highest BCUT2D eigenvalue weighted by Crippen LogP contribution is 2.64. The number of hydrogen-bond donors (Lipinski definition) is 1. The van der Waals surface area contributed by atoms with Crippen LogP contribution in [0.4, 0.5) is 37.8 Å². The molecule has 3 fully saturated rings. The summed E-state index contributed by atoms with van der Waals surface area (Å²) >= 11 is 7.73. The normalized spacial score (nSPS) is 25.9.